The van der Waals surface area contributed by atoms with Crippen LogP contribution in [0.1, 0.15) is 109 Å². The van der Waals surface area contributed by atoms with Gasteiger partial charge in [-0.2, -0.15) is 0 Å². The molecule has 0 spiro atoms. The van der Waals surface area contributed by atoms with Crippen LogP contribution in [-0.2, 0) is 11.2 Å². The summed E-state index contributed by atoms with van der Waals surface area (Å²) in [7, 11) is 6.05. The average Bonchev–Trinajstić information content (AvgIpc) is 2.73. The Morgan fingerprint density at radius 2 is 1.19 bits per heavy atom. The summed E-state index contributed by atoms with van der Waals surface area (Å²) in [4.78, 5) is 12.1. The van der Waals surface area contributed by atoms with Crippen LogP contribution in [0.15, 0.2) is 30.3 Å². The van der Waals surface area contributed by atoms with E-state index >= 15 is 0 Å². The number of aliphatic carboxylic acids is 1. The van der Waals surface area contributed by atoms with Gasteiger partial charge in [-0.15, -0.1) is 0 Å². The van der Waals surface area contributed by atoms with Crippen molar-refractivity contribution in [1.29, 1.82) is 0 Å². The van der Waals surface area contributed by atoms with Gasteiger partial charge in [0.2, 0.25) is 0 Å². The Labute approximate surface area is 199 Å². The summed E-state index contributed by atoms with van der Waals surface area (Å²) in [5, 5.41) is 9.96. The van der Waals surface area contributed by atoms with E-state index in [4.69, 9.17) is 0 Å². The SMILES string of the molecule is CCCCCCCCCCCCCCCCC(Cc1ccccc1)C(C(=O)O)[N+](C)(C)C. The Bertz CT molecular complexity index is 579. The van der Waals surface area contributed by atoms with E-state index in [1.807, 2.05) is 27.2 Å². The molecular weight excluding hydrogens is 394 g/mol. The Morgan fingerprint density at radius 3 is 1.59 bits per heavy atom. The fourth-order valence-electron chi connectivity index (χ4n) is 5.05. The molecule has 0 heterocycles. The number of hydrogen-bond acceptors (Lipinski definition) is 1. The third-order valence-corrected chi connectivity index (χ3v) is 6.80. The van der Waals surface area contributed by atoms with Crippen LogP contribution in [0.25, 0.3) is 0 Å². The molecule has 0 aliphatic carbocycles. The molecule has 1 aromatic carbocycles. The highest BCUT2D eigenvalue weighted by molar-refractivity contribution is 5.72. The topological polar surface area (TPSA) is 37.3 Å². The summed E-state index contributed by atoms with van der Waals surface area (Å²) in [6.07, 6.45) is 20.8. The van der Waals surface area contributed by atoms with Crippen molar-refractivity contribution in [3.63, 3.8) is 0 Å². The molecule has 2 atom stereocenters. The lowest BCUT2D eigenvalue weighted by molar-refractivity contribution is -0.891. The number of quaternary nitrogens is 1. The molecule has 0 saturated heterocycles. The van der Waals surface area contributed by atoms with Crippen molar-refractivity contribution in [2.75, 3.05) is 21.1 Å². The fourth-order valence-corrected chi connectivity index (χ4v) is 5.05. The normalized spacial score (nSPS) is 13.8. The van der Waals surface area contributed by atoms with Crippen LogP contribution in [0.5, 0.6) is 0 Å². The van der Waals surface area contributed by atoms with E-state index in [1.165, 1.54) is 89.0 Å². The molecule has 0 saturated carbocycles. The summed E-state index contributed by atoms with van der Waals surface area (Å²) in [6, 6.07) is 10.0. The highest BCUT2D eigenvalue weighted by Crippen LogP contribution is 2.26. The van der Waals surface area contributed by atoms with E-state index in [0.29, 0.717) is 4.48 Å². The molecule has 0 bridgehead atoms. The first-order valence-electron chi connectivity index (χ1n) is 13.4. The van der Waals surface area contributed by atoms with Crippen molar-refractivity contribution in [2.45, 2.75) is 116 Å². The van der Waals surface area contributed by atoms with E-state index < -0.39 is 5.97 Å². The monoisotopic (exact) mass is 446 g/mol. The number of carbonyl (C=O) groups is 1. The fraction of sp³-hybridized carbons (Fsp3) is 0.759. The maximum atomic E-state index is 12.1. The van der Waals surface area contributed by atoms with Crippen molar-refractivity contribution in [1.82, 2.24) is 0 Å². The standard InChI is InChI=1S/C29H51NO2/c1-5-6-7-8-9-10-11-12-13-14-15-16-17-21-24-27(25-26-22-19-18-20-23-26)28(29(31)32)30(2,3)4/h18-20,22-23,27-28H,5-17,21,24-25H2,1-4H3/p+1. The maximum absolute atomic E-state index is 12.1. The number of rotatable bonds is 20. The molecule has 1 N–H and O–H groups in total. The quantitative estimate of drug-likeness (QED) is 0.163. The van der Waals surface area contributed by atoms with Gasteiger partial charge >= 0.3 is 5.97 Å². The molecular formula is C29H52NO2+. The second-order valence-corrected chi connectivity index (χ2v) is 10.7. The molecule has 0 aromatic heterocycles. The zero-order valence-corrected chi connectivity index (χ0v) is 21.7. The Morgan fingerprint density at radius 1 is 0.750 bits per heavy atom. The van der Waals surface area contributed by atoms with Crippen LogP contribution < -0.4 is 0 Å². The molecule has 1 aromatic rings. The summed E-state index contributed by atoms with van der Waals surface area (Å²) < 4.78 is 0.478. The third kappa shape index (κ3) is 13.3. The number of hydrogen-bond donors (Lipinski definition) is 1. The molecule has 0 amide bonds. The molecule has 3 heteroatoms. The van der Waals surface area contributed by atoms with Crippen molar-refractivity contribution in [3.05, 3.63) is 35.9 Å². The molecule has 2 unspecified atom stereocenters. The number of likely N-dealkylation sites (N-methyl/N-ethyl adjacent to an activating group) is 1. The summed E-state index contributed by atoms with van der Waals surface area (Å²) in [5.74, 6) is -0.490. The number of nitrogens with zero attached hydrogens (tertiary/aromatic N) is 1. The summed E-state index contributed by atoms with van der Waals surface area (Å²) >= 11 is 0. The van der Waals surface area contributed by atoms with E-state index in [2.05, 4.69) is 31.2 Å². The second kappa shape index (κ2) is 17.2. The van der Waals surface area contributed by atoms with Gasteiger partial charge in [0.25, 0.3) is 0 Å². The van der Waals surface area contributed by atoms with Crippen LogP contribution in [0.3, 0.4) is 0 Å². The number of carboxylic acid groups (broad SMARTS) is 1. The zero-order valence-electron chi connectivity index (χ0n) is 21.7. The number of carboxylic acids is 1. The van der Waals surface area contributed by atoms with Gasteiger partial charge in [0, 0.05) is 5.92 Å². The lowest BCUT2D eigenvalue weighted by Crippen LogP contribution is -2.54. The zero-order chi connectivity index (χ0) is 23.7. The van der Waals surface area contributed by atoms with Gasteiger partial charge in [-0.05, 0) is 18.4 Å². The minimum absolute atomic E-state index is 0.173. The van der Waals surface area contributed by atoms with Crippen LogP contribution in [0.2, 0.25) is 0 Å². The molecule has 0 fully saturated rings. The lowest BCUT2D eigenvalue weighted by Gasteiger charge is -2.36. The van der Waals surface area contributed by atoms with Gasteiger partial charge in [-0.25, -0.2) is 4.79 Å². The van der Waals surface area contributed by atoms with Crippen LogP contribution in [-0.4, -0.2) is 42.7 Å². The van der Waals surface area contributed by atoms with Crippen molar-refractivity contribution in [2.24, 2.45) is 5.92 Å². The molecule has 184 valence electrons. The molecule has 3 nitrogen and oxygen atoms in total. The molecule has 0 aliphatic rings. The van der Waals surface area contributed by atoms with Crippen molar-refractivity contribution in [3.8, 4) is 0 Å². The maximum Gasteiger partial charge on any atom is 0.362 e. The van der Waals surface area contributed by atoms with Crippen LogP contribution in [0.4, 0.5) is 0 Å². The first kappa shape index (κ1) is 28.7. The Kier molecular flexibility index (Phi) is 15.4. The number of unbranched alkanes of at least 4 members (excludes halogenated alkanes) is 13. The molecule has 0 aliphatic heterocycles. The Balaban J connectivity index is 2.26. The smallest absolute Gasteiger partial charge is 0.362 e. The summed E-state index contributed by atoms with van der Waals surface area (Å²) in [6.45, 7) is 2.28. The molecule has 32 heavy (non-hydrogen) atoms. The highest BCUT2D eigenvalue weighted by Gasteiger charge is 2.38. The van der Waals surface area contributed by atoms with Gasteiger partial charge in [-0.1, -0.05) is 127 Å². The summed E-state index contributed by atoms with van der Waals surface area (Å²) in [5.41, 5.74) is 1.25. The first-order chi connectivity index (χ1) is 15.4. The van der Waals surface area contributed by atoms with E-state index in [-0.39, 0.29) is 12.0 Å². The Hall–Kier alpha value is -1.35. The third-order valence-electron chi connectivity index (χ3n) is 6.80. The predicted octanol–water partition coefficient (Wildman–Crippen LogP) is 7.88. The van der Waals surface area contributed by atoms with Gasteiger partial charge in [0.1, 0.15) is 0 Å². The predicted molar refractivity (Wildman–Crippen MR) is 138 cm³/mol. The molecule has 0 radical (unpaired) electrons. The van der Waals surface area contributed by atoms with Crippen molar-refractivity contribution < 1.29 is 14.4 Å². The van der Waals surface area contributed by atoms with E-state index in [9.17, 15) is 9.90 Å². The largest absolute Gasteiger partial charge is 0.477 e. The molecule has 1 rings (SSSR count). The van der Waals surface area contributed by atoms with E-state index in [1.54, 1.807) is 0 Å². The van der Waals surface area contributed by atoms with Crippen LogP contribution in [0, 0.1) is 5.92 Å². The number of benzene rings is 1. The van der Waals surface area contributed by atoms with Crippen LogP contribution >= 0.6 is 0 Å². The highest BCUT2D eigenvalue weighted by atomic mass is 16.4. The second-order valence-electron chi connectivity index (χ2n) is 10.7. The van der Waals surface area contributed by atoms with Gasteiger partial charge in [-0.3, -0.25) is 0 Å². The van der Waals surface area contributed by atoms with E-state index in [0.717, 1.165) is 19.3 Å². The van der Waals surface area contributed by atoms with Gasteiger partial charge < -0.3 is 9.59 Å². The van der Waals surface area contributed by atoms with Gasteiger partial charge in [0.15, 0.2) is 6.04 Å². The minimum Gasteiger partial charge on any atom is -0.477 e. The first-order valence-corrected chi connectivity index (χ1v) is 13.4. The lowest BCUT2D eigenvalue weighted by atomic mass is 9.86. The van der Waals surface area contributed by atoms with Crippen molar-refractivity contribution >= 4 is 5.97 Å². The van der Waals surface area contributed by atoms with Gasteiger partial charge in [0.05, 0.1) is 21.1 Å². The minimum atomic E-state index is -0.663. The average molecular weight is 447 g/mol.